The Kier molecular flexibility index (Phi) is 8.88. The maximum Gasteiger partial charge on any atom is 0.307 e. The van der Waals surface area contributed by atoms with Gasteiger partial charge in [-0.25, -0.2) is 0 Å². The molecule has 6 nitrogen and oxygen atoms in total. The molecule has 0 bridgehead atoms. The second-order valence-corrected chi connectivity index (χ2v) is 10.7. The summed E-state index contributed by atoms with van der Waals surface area (Å²) in [5.74, 6) is -0.0263. The zero-order chi connectivity index (χ0) is 28.8. The van der Waals surface area contributed by atoms with E-state index < -0.39 is 5.97 Å². The van der Waals surface area contributed by atoms with Crippen molar-refractivity contribution >= 4 is 17.6 Å². The molecule has 1 atom stereocenters. The lowest BCUT2D eigenvalue weighted by atomic mass is 9.97. The van der Waals surface area contributed by atoms with E-state index >= 15 is 0 Å². The van der Waals surface area contributed by atoms with Crippen molar-refractivity contribution in [1.29, 1.82) is 5.26 Å². The van der Waals surface area contributed by atoms with E-state index in [1.165, 1.54) is 0 Å². The number of rotatable bonds is 10. The number of hydrogen-bond donors (Lipinski definition) is 1. The largest absolute Gasteiger partial charge is 0.488 e. The fourth-order valence-corrected chi connectivity index (χ4v) is 5.42. The fraction of sp³-hybridized carbons (Fsp3) is 0.235. The van der Waals surface area contributed by atoms with Crippen LogP contribution in [0, 0.1) is 24.2 Å². The topological polar surface area (TPSA) is 82.8 Å². The molecule has 1 aliphatic heterocycles. The summed E-state index contributed by atoms with van der Waals surface area (Å²) in [7, 11) is 0. The molecular weight excluding hydrogens is 536 g/mol. The maximum absolute atomic E-state index is 11.5. The highest BCUT2D eigenvalue weighted by Crippen LogP contribution is 2.36. The van der Waals surface area contributed by atoms with Crippen molar-refractivity contribution in [1.82, 2.24) is 4.90 Å². The van der Waals surface area contributed by atoms with Gasteiger partial charge in [0.25, 0.3) is 0 Å². The molecule has 1 heterocycles. The first-order valence-electron chi connectivity index (χ1n) is 13.6. The van der Waals surface area contributed by atoms with Gasteiger partial charge in [-0.2, -0.15) is 5.26 Å². The molecule has 208 valence electrons. The van der Waals surface area contributed by atoms with Gasteiger partial charge in [-0.05, 0) is 65.9 Å². The van der Waals surface area contributed by atoms with Crippen LogP contribution in [-0.2, 0) is 24.6 Å². The molecule has 0 saturated carbocycles. The van der Waals surface area contributed by atoms with E-state index in [2.05, 4.69) is 42.2 Å². The van der Waals surface area contributed by atoms with Crippen LogP contribution in [0.2, 0.25) is 5.02 Å². The van der Waals surface area contributed by atoms with E-state index in [1.807, 2.05) is 48.5 Å². The van der Waals surface area contributed by atoms with Gasteiger partial charge >= 0.3 is 5.97 Å². The SMILES string of the molecule is Cc1c(COc2cc(OCc3cccc(C#N)c3)c(CN3CC[C@H](C(=O)O)C3)cc2Cl)cccc1-c1ccccc1. The van der Waals surface area contributed by atoms with Gasteiger partial charge in [0.1, 0.15) is 24.7 Å². The predicted molar refractivity (Wildman–Crippen MR) is 159 cm³/mol. The summed E-state index contributed by atoms with van der Waals surface area (Å²) in [5.41, 5.74) is 6.79. The summed E-state index contributed by atoms with van der Waals surface area (Å²) in [5, 5.41) is 19.2. The minimum Gasteiger partial charge on any atom is -0.488 e. The first-order valence-corrected chi connectivity index (χ1v) is 13.9. The molecule has 0 radical (unpaired) electrons. The second-order valence-electron chi connectivity index (χ2n) is 10.3. The third kappa shape index (κ3) is 6.89. The van der Waals surface area contributed by atoms with Crippen molar-refractivity contribution < 1.29 is 19.4 Å². The minimum absolute atomic E-state index is 0.263. The second kappa shape index (κ2) is 12.9. The first-order chi connectivity index (χ1) is 19.9. The molecule has 0 aromatic heterocycles. The molecule has 7 heteroatoms. The lowest BCUT2D eigenvalue weighted by Gasteiger charge is -2.20. The Bertz CT molecular complexity index is 1580. The number of carbonyl (C=O) groups is 1. The van der Waals surface area contributed by atoms with Gasteiger partial charge in [0, 0.05) is 24.7 Å². The highest BCUT2D eigenvalue weighted by molar-refractivity contribution is 6.32. The number of likely N-dealkylation sites (tertiary alicyclic amines) is 1. The number of carboxylic acid groups (broad SMARTS) is 1. The summed E-state index contributed by atoms with van der Waals surface area (Å²) in [4.78, 5) is 13.6. The number of carboxylic acids is 1. The lowest BCUT2D eigenvalue weighted by Crippen LogP contribution is -2.23. The van der Waals surface area contributed by atoms with E-state index in [4.69, 9.17) is 21.1 Å². The zero-order valence-corrected chi connectivity index (χ0v) is 23.6. The van der Waals surface area contributed by atoms with E-state index in [0.717, 1.165) is 33.4 Å². The van der Waals surface area contributed by atoms with Gasteiger partial charge in [-0.1, -0.05) is 72.3 Å². The van der Waals surface area contributed by atoms with Crippen molar-refractivity contribution in [2.45, 2.75) is 33.1 Å². The molecule has 0 spiro atoms. The van der Waals surface area contributed by atoms with Crippen LogP contribution in [0.5, 0.6) is 11.5 Å². The third-order valence-electron chi connectivity index (χ3n) is 7.49. The Morgan fingerprint density at radius 1 is 0.976 bits per heavy atom. The molecule has 4 aromatic rings. The zero-order valence-electron chi connectivity index (χ0n) is 22.8. The number of ether oxygens (including phenoxy) is 2. The average molecular weight is 567 g/mol. The minimum atomic E-state index is -0.769. The van der Waals surface area contributed by atoms with Crippen molar-refractivity contribution in [2.75, 3.05) is 13.1 Å². The van der Waals surface area contributed by atoms with Gasteiger partial charge in [-0.15, -0.1) is 0 Å². The van der Waals surface area contributed by atoms with Gasteiger partial charge in [0.2, 0.25) is 0 Å². The molecule has 5 rings (SSSR count). The van der Waals surface area contributed by atoms with Gasteiger partial charge in [0.05, 0.1) is 22.6 Å². The van der Waals surface area contributed by atoms with Crippen LogP contribution in [0.15, 0.2) is 84.9 Å². The Morgan fingerprint density at radius 3 is 2.51 bits per heavy atom. The number of hydrogen-bond acceptors (Lipinski definition) is 5. The average Bonchev–Trinajstić information content (AvgIpc) is 3.46. The van der Waals surface area contributed by atoms with E-state index in [1.54, 1.807) is 12.1 Å². The number of nitriles is 1. The van der Waals surface area contributed by atoms with Crippen LogP contribution in [0.3, 0.4) is 0 Å². The Morgan fingerprint density at radius 2 is 1.76 bits per heavy atom. The summed E-state index contributed by atoms with van der Waals surface area (Å²) in [6.45, 7) is 4.37. The Hall–Kier alpha value is -4.31. The Balaban J connectivity index is 1.38. The van der Waals surface area contributed by atoms with Crippen LogP contribution >= 0.6 is 11.6 Å². The molecule has 0 unspecified atom stereocenters. The number of benzene rings is 4. The van der Waals surface area contributed by atoms with Crippen molar-refractivity contribution in [3.05, 3.63) is 118 Å². The first kappa shape index (κ1) is 28.2. The quantitative estimate of drug-likeness (QED) is 0.218. The fourth-order valence-electron chi connectivity index (χ4n) is 5.18. The highest BCUT2D eigenvalue weighted by atomic mass is 35.5. The smallest absolute Gasteiger partial charge is 0.307 e. The van der Waals surface area contributed by atoms with Crippen molar-refractivity contribution in [3.8, 4) is 28.7 Å². The molecule has 1 fully saturated rings. The van der Waals surface area contributed by atoms with Crippen LogP contribution in [0.25, 0.3) is 11.1 Å². The molecule has 1 saturated heterocycles. The van der Waals surface area contributed by atoms with Crippen LogP contribution in [0.1, 0.15) is 34.2 Å². The maximum atomic E-state index is 11.5. The summed E-state index contributed by atoms with van der Waals surface area (Å²) in [6, 6.07) is 29.6. The van der Waals surface area contributed by atoms with Gasteiger partial charge in [-0.3, -0.25) is 9.69 Å². The molecule has 0 aliphatic carbocycles. The van der Waals surface area contributed by atoms with E-state index in [-0.39, 0.29) is 12.5 Å². The van der Waals surface area contributed by atoms with E-state index in [9.17, 15) is 15.2 Å². The van der Waals surface area contributed by atoms with Crippen molar-refractivity contribution in [2.24, 2.45) is 5.92 Å². The van der Waals surface area contributed by atoms with E-state index in [0.29, 0.717) is 54.7 Å². The standard InChI is InChI=1S/C34H31ClN2O4/c1-23-28(11-6-12-30(23)26-9-3-2-4-10-26)22-41-33-17-32(40-21-25-8-5-7-24(15-25)18-36)29(16-31(33)35)20-37-14-13-27(19-37)34(38)39/h2-12,15-17,27H,13-14,19-22H2,1H3,(H,38,39)/t27-/m0/s1. The van der Waals surface area contributed by atoms with Crippen LogP contribution < -0.4 is 9.47 Å². The predicted octanol–water partition coefficient (Wildman–Crippen LogP) is 7.25. The summed E-state index contributed by atoms with van der Waals surface area (Å²) in [6.07, 6.45) is 0.614. The van der Waals surface area contributed by atoms with Gasteiger partial charge in [0.15, 0.2) is 0 Å². The molecule has 1 N–H and O–H groups in total. The van der Waals surface area contributed by atoms with Crippen LogP contribution in [0.4, 0.5) is 0 Å². The Labute approximate surface area is 245 Å². The molecule has 4 aromatic carbocycles. The van der Waals surface area contributed by atoms with Gasteiger partial charge < -0.3 is 14.6 Å². The number of nitrogens with zero attached hydrogens (tertiary/aromatic N) is 2. The monoisotopic (exact) mass is 566 g/mol. The van der Waals surface area contributed by atoms with Crippen LogP contribution in [-0.4, -0.2) is 29.1 Å². The summed E-state index contributed by atoms with van der Waals surface area (Å²) >= 11 is 6.73. The highest BCUT2D eigenvalue weighted by Gasteiger charge is 2.28. The number of halogens is 1. The molecule has 1 aliphatic rings. The number of aliphatic carboxylic acids is 1. The normalized spacial score (nSPS) is 14.9. The molecule has 0 amide bonds. The third-order valence-corrected chi connectivity index (χ3v) is 7.79. The molecule has 41 heavy (non-hydrogen) atoms. The van der Waals surface area contributed by atoms with Crippen molar-refractivity contribution in [3.63, 3.8) is 0 Å². The molecular formula is C34H31ClN2O4. The summed E-state index contributed by atoms with van der Waals surface area (Å²) < 4.78 is 12.5. The lowest BCUT2D eigenvalue weighted by molar-refractivity contribution is -0.141.